The molecule has 2 unspecified atom stereocenters. The number of nitrogens with one attached hydrogen (secondary N) is 2. The Morgan fingerprint density at radius 2 is 1.54 bits per heavy atom. The number of rotatable bonds is 11. The summed E-state index contributed by atoms with van der Waals surface area (Å²) in [6, 6.07) is 24.7. The lowest BCUT2D eigenvalue weighted by molar-refractivity contribution is -0.143. The summed E-state index contributed by atoms with van der Waals surface area (Å²) >= 11 is 0. The molecule has 2 aliphatic rings. The lowest BCUT2D eigenvalue weighted by atomic mass is 9.96. The van der Waals surface area contributed by atoms with E-state index in [0.29, 0.717) is 6.42 Å². The Kier molecular flexibility index (Phi) is 8.99. The molecule has 0 heterocycles. The number of fused-ring (bicyclic) bond motifs is 3. The van der Waals surface area contributed by atoms with Gasteiger partial charge in [0.25, 0.3) is 0 Å². The van der Waals surface area contributed by atoms with Crippen LogP contribution in [0, 0.1) is 11.8 Å². The van der Waals surface area contributed by atoms with Gasteiger partial charge in [0.05, 0.1) is 18.6 Å². The molecule has 8 nitrogen and oxygen atoms in total. The molecule has 1 fully saturated rings. The van der Waals surface area contributed by atoms with Crippen LogP contribution in [-0.2, 0) is 25.7 Å². The molecule has 0 spiro atoms. The monoisotopic (exact) mass is 556 g/mol. The summed E-state index contributed by atoms with van der Waals surface area (Å²) in [5, 5.41) is 15.1. The predicted molar refractivity (Wildman–Crippen MR) is 154 cm³/mol. The number of carbonyl (C=O) groups is 3. The van der Waals surface area contributed by atoms with Crippen molar-refractivity contribution in [2.24, 2.45) is 11.8 Å². The van der Waals surface area contributed by atoms with Gasteiger partial charge in [-0.2, -0.15) is 0 Å². The zero-order valence-corrected chi connectivity index (χ0v) is 23.1. The van der Waals surface area contributed by atoms with Gasteiger partial charge in [-0.15, -0.1) is 0 Å². The summed E-state index contributed by atoms with van der Waals surface area (Å²) in [5.74, 6) is -2.00. The molecular weight excluding hydrogens is 520 g/mol. The van der Waals surface area contributed by atoms with E-state index in [1.807, 2.05) is 66.7 Å². The van der Waals surface area contributed by atoms with Crippen molar-refractivity contribution in [3.05, 3.63) is 95.6 Å². The molecule has 3 N–H and O–H groups in total. The first kappa shape index (κ1) is 28.4. The average molecular weight is 557 g/mol. The Balaban J connectivity index is 1.24. The third-order valence-corrected chi connectivity index (χ3v) is 8.24. The normalized spacial score (nSPS) is 19.0. The highest BCUT2D eigenvalue weighted by molar-refractivity contribution is 5.86. The Hall–Kier alpha value is -4.17. The highest BCUT2D eigenvalue weighted by atomic mass is 16.5. The van der Waals surface area contributed by atoms with Crippen molar-refractivity contribution in [2.45, 2.75) is 50.9 Å². The van der Waals surface area contributed by atoms with Crippen molar-refractivity contribution in [1.82, 2.24) is 10.6 Å². The van der Waals surface area contributed by atoms with E-state index in [0.717, 1.165) is 40.7 Å². The Morgan fingerprint density at radius 1 is 0.902 bits per heavy atom. The molecule has 4 atom stereocenters. The molecule has 41 heavy (non-hydrogen) atoms. The van der Waals surface area contributed by atoms with E-state index >= 15 is 0 Å². The van der Waals surface area contributed by atoms with Gasteiger partial charge in [0.15, 0.2) is 0 Å². The summed E-state index contributed by atoms with van der Waals surface area (Å²) < 4.78 is 11.7. The third-order valence-electron chi connectivity index (χ3n) is 8.24. The van der Waals surface area contributed by atoms with Gasteiger partial charge in [0.2, 0.25) is 5.91 Å². The molecule has 0 radical (unpaired) electrons. The van der Waals surface area contributed by atoms with Gasteiger partial charge in [0.1, 0.15) is 12.6 Å². The number of hydrogen-bond donors (Lipinski definition) is 3. The highest BCUT2D eigenvalue weighted by Crippen LogP contribution is 2.44. The van der Waals surface area contributed by atoms with Gasteiger partial charge in [-0.3, -0.25) is 9.59 Å². The predicted octanol–water partition coefficient (Wildman–Crippen LogP) is 5.12. The lowest BCUT2D eigenvalue weighted by Gasteiger charge is -2.26. The summed E-state index contributed by atoms with van der Waals surface area (Å²) in [6.45, 7) is 2.34. The molecule has 0 saturated heterocycles. The molecule has 2 aliphatic carbocycles. The van der Waals surface area contributed by atoms with Gasteiger partial charge < -0.3 is 25.2 Å². The second kappa shape index (κ2) is 13.0. The summed E-state index contributed by atoms with van der Waals surface area (Å²) in [4.78, 5) is 38.0. The van der Waals surface area contributed by atoms with Crippen LogP contribution in [0.1, 0.15) is 48.8 Å². The van der Waals surface area contributed by atoms with Crippen molar-refractivity contribution >= 4 is 18.0 Å². The van der Waals surface area contributed by atoms with E-state index in [-0.39, 0.29) is 31.6 Å². The quantitative estimate of drug-likeness (QED) is 0.302. The fourth-order valence-electron chi connectivity index (χ4n) is 6.01. The van der Waals surface area contributed by atoms with E-state index in [1.54, 1.807) is 6.92 Å². The van der Waals surface area contributed by atoms with Crippen molar-refractivity contribution in [3.8, 4) is 11.1 Å². The maximum atomic E-state index is 13.3. The van der Waals surface area contributed by atoms with E-state index < -0.39 is 36.0 Å². The van der Waals surface area contributed by atoms with Crippen LogP contribution in [0.3, 0.4) is 0 Å². The first-order chi connectivity index (χ1) is 19.9. The molecule has 1 saturated carbocycles. The molecule has 3 aromatic rings. The maximum absolute atomic E-state index is 13.3. The number of aliphatic carboxylic acids is 1. The zero-order chi connectivity index (χ0) is 28.8. The molecule has 214 valence electrons. The number of ether oxygens (including phenoxy) is 2. The molecule has 0 aliphatic heterocycles. The molecule has 8 heteroatoms. The molecule has 2 amide bonds. The third kappa shape index (κ3) is 6.60. The first-order valence-corrected chi connectivity index (χ1v) is 14.2. The minimum Gasteiger partial charge on any atom is -0.481 e. The number of hydrogen-bond acceptors (Lipinski definition) is 5. The highest BCUT2D eigenvalue weighted by Gasteiger charge is 2.35. The average Bonchev–Trinajstić information content (AvgIpc) is 3.60. The van der Waals surface area contributed by atoms with E-state index in [1.165, 1.54) is 0 Å². The van der Waals surface area contributed by atoms with E-state index in [9.17, 15) is 19.5 Å². The number of carboxylic acids is 1. The number of amides is 2. The molecule has 3 aromatic carbocycles. The van der Waals surface area contributed by atoms with Gasteiger partial charge in [-0.05, 0) is 53.5 Å². The minimum absolute atomic E-state index is 0.109. The second-order valence-electron chi connectivity index (χ2n) is 10.8. The first-order valence-electron chi connectivity index (χ1n) is 14.2. The van der Waals surface area contributed by atoms with Gasteiger partial charge in [-0.25, -0.2) is 4.79 Å². The zero-order valence-electron chi connectivity index (χ0n) is 23.1. The van der Waals surface area contributed by atoms with Crippen LogP contribution in [0.2, 0.25) is 0 Å². The van der Waals surface area contributed by atoms with Crippen LogP contribution in [0.15, 0.2) is 78.9 Å². The fraction of sp³-hybridized carbons (Fsp3) is 0.364. The molecular formula is C33H36N2O6. The van der Waals surface area contributed by atoms with Crippen molar-refractivity contribution in [3.63, 3.8) is 0 Å². The molecule has 0 bridgehead atoms. The number of benzene rings is 3. The van der Waals surface area contributed by atoms with E-state index in [2.05, 4.69) is 22.8 Å². The Morgan fingerprint density at radius 3 is 2.20 bits per heavy atom. The molecule has 0 aromatic heterocycles. The van der Waals surface area contributed by atoms with Crippen LogP contribution in [0.4, 0.5) is 4.79 Å². The lowest BCUT2D eigenvalue weighted by Crippen LogP contribution is -2.54. The van der Waals surface area contributed by atoms with Crippen molar-refractivity contribution in [1.29, 1.82) is 0 Å². The number of alkyl carbamates (subject to hydrolysis) is 1. The summed E-state index contributed by atoms with van der Waals surface area (Å²) in [7, 11) is 0. The van der Waals surface area contributed by atoms with Crippen LogP contribution < -0.4 is 10.6 Å². The standard InChI is InChI=1S/C33H36N2O6/c1-21(40-19-22-10-3-2-4-11-22)30(31(36)34-18-23-12-9-17-24(23)32(37)38)35-33(39)41-20-29-27-15-7-5-13-25(27)26-14-6-8-16-28(26)29/h2-8,10-11,13-16,21,23-24,29-30H,9,12,17-20H2,1H3,(H,34,36)(H,35,39)(H,37,38)/t21?,23-,24-,30?/m0/s1. The largest absolute Gasteiger partial charge is 0.481 e. The fourth-order valence-corrected chi connectivity index (χ4v) is 6.01. The van der Waals surface area contributed by atoms with Crippen LogP contribution >= 0.6 is 0 Å². The van der Waals surface area contributed by atoms with Crippen LogP contribution in [0.5, 0.6) is 0 Å². The Bertz CT molecular complexity index is 1330. The topological polar surface area (TPSA) is 114 Å². The van der Waals surface area contributed by atoms with Crippen LogP contribution in [-0.4, -0.2) is 48.4 Å². The smallest absolute Gasteiger partial charge is 0.407 e. The minimum atomic E-state index is -1.03. The van der Waals surface area contributed by atoms with Crippen LogP contribution in [0.25, 0.3) is 11.1 Å². The van der Waals surface area contributed by atoms with E-state index in [4.69, 9.17) is 9.47 Å². The SMILES string of the molecule is CC(OCc1ccccc1)C(NC(=O)OCC1c2ccccc2-c2ccccc21)C(=O)NC[C@@H]1CCC[C@@H]1C(=O)O. The van der Waals surface area contributed by atoms with Gasteiger partial charge in [-0.1, -0.05) is 85.3 Å². The second-order valence-corrected chi connectivity index (χ2v) is 10.8. The summed E-state index contributed by atoms with van der Waals surface area (Å²) in [6.07, 6.45) is 0.770. The van der Waals surface area contributed by atoms with Crippen molar-refractivity contribution < 1.29 is 29.0 Å². The Labute approximate surface area is 240 Å². The number of carbonyl (C=O) groups excluding carboxylic acids is 2. The van der Waals surface area contributed by atoms with Gasteiger partial charge >= 0.3 is 12.1 Å². The molecule has 5 rings (SSSR count). The summed E-state index contributed by atoms with van der Waals surface area (Å²) in [5.41, 5.74) is 5.39. The maximum Gasteiger partial charge on any atom is 0.407 e. The van der Waals surface area contributed by atoms with Crippen molar-refractivity contribution in [2.75, 3.05) is 13.2 Å². The van der Waals surface area contributed by atoms with Gasteiger partial charge in [0, 0.05) is 12.5 Å². The number of carboxylic acid groups (broad SMARTS) is 1.